The van der Waals surface area contributed by atoms with Crippen molar-refractivity contribution in [1.82, 2.24) is 0 Å². The molecule has 19 heavy (non-hydrogen) atoms. The highest BCUT2D eigenvalue weighted by molar-refractivity contribution is 5.93. The zero-order valence-corrected chi connectivity index (χ0v) is 12.4. The second-order valence-corrected chi connectivity index (χ2v) is 5.47. The summed E-state index contributed by atoms with van der Waals surface area (Å²) in [4.78, 5) is 23.2. The van der Waals surface area contributed by atoms with Crippen LogP contribution in [0.2, 0.25) is 0 Å². The normalized spacial score (nSPS) is 21.9. The molecule has 0 saturated heterocycles. The standard InChI is InChI=1S/C16H24O3/c1-11-8-9-14(15(17)10-11)12(2)6-5-7-13(3)16(18)19-4/h7,10,12,14H,5-6,8-9H2,1-4H3/b13-7+/t12-,14-/m1/s1. The Hall–Kier alpha value is -1.38. The predicted octanol–water partition coefficient (Wildman–Crippen LogP) is 3.45. The van der Waals surface area contributed by atoms with Gasteiger partial charge in [-0.2, -0.15) is 0 Å². The van der Waals surface area contributed by atoms with Crippen LogP contribution in [-0.2, 0) is 14.3 Å². The van der Waals surface area contributed by atoms with E-state index in [1.165, 1.54) is 12.7 Å². The summed E-state index contributed by atoms with van der Waals surface area (Å²) < 4.78 is 4.65. The number of ether oxygens (including phenoxy) is 1. The van der Waals surface area contributed by atoms with E-state index in [-0.39, 0.29) is 17.7 Å². The van der Waals surface area contributed by atoms with E-state index in [1.54, 1.807) is 13.0 Å². The third kappa shape index (κ3) is 4.66. The number of hydrogen-bond acceptors (Lipinski definition) is 3. The van der Waals surface area contributed by atoms with Crippen molar-refractivity contribution in [2.24, 2.45) is 11.8 Å². The van der Waals surface area contributed by atoms with Gasteiger partial charge in [-0.05, 0) is 51.5 Å². The van der Waals surface area contributed by atoms with Crippen LogP contribution in [-0.4, -0.2) is 18.9 Å². The maximum absolute atomic E-state index is 11.9. The third-order valence-electron chi connectivity index (χ3n) is 3.87. The minimum Gasteiger partial charge on any atom is -0.466 e. The van der Waals surface area contributed by atoms with Gasteiger partial charge in [0.15, 0.2) is 5.78 Å². The van der Waals surface area contributed by atoms with Crippen molar-refractivity contribution in [3.63, 3.8) is 0 Å². The third-order valence-corrected chi connectivity index (χ3v) is 3.87. The van der Waals surface area contributed by atoms with E-state index < -0.39 is 0 Å². The van der Waals surface area contributed by atoms with Gasteiger partial charge in [-0.15, -0.1) is 0 Å². The highest BCUT2D eigenvalue weighted by Gasteiger charge is 2.25. The fourth-order valence-electron chi connectivity index (χ4n) is 2.52. The average Bonchev–Trinajstić information content (AvgIpc) is 2.37. The Kier molecular flexibility index (Phi) is 6.00. The van der Waals surface area contributed by atoms with E-state index >= 15 is 0 Å². The van der Waals surface area contributed by atoms with Gasteiger partial charge in [0.1, 0.15) is 0 Å². The zero-order valence-electron chi connectivity index (χ0n) is 12.4. The first kappa shape index (κ1) is 15.7. The van der Waals surface area contributed by atoms with Gasteiger partial charge >= 0.3 is 5.97 Å². The molecule has 0 radical (unpaired) electrons. The summed E-state index contributed by atoms with van der Waals surface area (Å²) in [5.74, 6) is 0.499. The van der Waals surface area contributed by atoms with E-state index in [2.05, 4.69) is 11.7 Å². The summed E-state index contributed by atoms with van der Waals surface area (Å²) in [6.07, 6.45) is 7.42. The summed E-state index contributed by atoms with van der Waals surface area (Å²) in [5.41, 5.74) is 1.83. The Balaban J connectivity index is 2.46. The van der Waals surface area contributed by atoms with Crippen molar-refractivity contribution in [3.8, 4) is 0 Å². The van der Waals surface area contributed by atoms with Crippen LogP contribution < -0.4 is 0 Å². The molecule has 0 aromatic heterocycles. The van der Waals surface area contributed by atoms with E-state index in [4.69, 9.17) is 0 Å². The van der Waals surface area contributed by atoms with Gasteiger partial charge in [-0.1, -0.05) is 18.6 Å². The molecular weight excluding hydrogens is 240 g/mol. The molecule has 0 N–H and O–H groups in total. The highest BCUT2D eigenvalue weighted by atomic mass is 16.5. The van der Waals surface area contributed by atoms with E-state index in [9.17, 15) is 9.59 Å². The maximum atomic E-state index is 11.9. The Morgan fingerprint density at radius 1 is 1.58 bits per heavy atom. The van der Waals surface area contributed by atoms with Crippen molar-refractivity contribution in [1.29, 1.82) is 0 Å². The number of rotatable bonds is 5. The monoisotopic (exact) mass is 264 g/mol. The number of methoxy groups -OCH3 is 1. The van der Waals surface area contributed by atoms with Crippen molar-refractivity contribution >= 4 is 11.8 Å². The molecule has 3 heteroatoms. The van der Waals surface area contributed by atoms with Crippen LogP contribution in [0.5, 0.6) is 0 Å². The molecule has 3 nitrogen and oxygen atoms in total. The molecule has 0 amide bonds. The number of carbonyl (C=O) groups excluding carboxylic acids is 2. The van der Waals surface area contributed by atoms with Gasteiger partial charge in [0.05, 0.1) is 7.11 Å². The van der Waals surface area contributed by atoms with Crippen molar-refractivity contribution in [2.45, 2.75) is 46.5 Å². The number of esters is 1. The largest absolute Gasteiger partial charge is 0.466 e. The number of allylic oxidation sites excluding steroid dienone is 3. The fourth-order valence-corrected chi connectivity index (χ4v) is 2.52. The second kappa shape index (κ2) is 7.27. The molecule has 0 fully saturated rings. The summed E-state index contributed by atoms with van der Waals surface area (Å²) in [6.45, 7) is 5.90. The van der Waals surface area contributed by atoms with Crippen molar-refractivity contribution in [3.05, 3.63) is 23.3 Å². The minimum absolute atomic E-state index is 0.149. The van der Waals surface area contributed by atoms with Crippen LogP contribution in [0.1, 0.15) is 46.5 Å². The Labute approximate surface area is 115 Å². The molecule has 0 heterocycles. The van der Waals surface area contributed by atoms with Gasteiger partial charge in [-0.25, -0.2) is 4.79 Å². The lowest BCUT2D eigenvalue weighted by molar-refractivity contribution is -0.136. The Morgan fingerprint density at radius 2 is 2.26 bits per heavy atom. The highest BCUT2D eigenvalue weighted by Crippen LogP contribution is 2.29. The Bertz CT molecular complexity index is 404. The van der Waals surface area contributed by atoms with E-state index in [1.807, 2.05) is 13.0 Å². The number of ketones is 1. The molecule has 1 aliphatic rings. The summed E-state index contributed by atoms with van der Waals surface area (Å²) in [5, 5.41) is 0. The molecule has 0 spiro atoms. The van der Waals surface area contributed by atoms with Crippen LogP contribution in [0, 0.1) is 11.8 Å². The quantitative estimate of drug-likeness (QED) is 0.564. The molecule has 0 aromatic carbocycles. The predicted molar refractivity (Wildman–Crippen MR) is 75.7 cm³/mol. The second-order valence-electron chi connectivity index (χ2n) is 5.47. The molecule has 1 aliphatic carbocycles. The molecule has 106 valence electrons. The van der Waals surface area contributed by atoms with Crippen molar-refractivity contribution in [2.75, 3.05) is 7.11 Å². The summed E-state index contributed by atoms with van der Waals surface area (Å²) in [6, 6.07) is 0. The van der Waals surface area contributed by atoms with Crippen LogP contribution in [0.25, 0.3) is 0 Å². The molecular formula is C16H24O3. The van der Waals surface area contributed by atoms with E-state index in [0.717, 1.165) is 25.7 Å². The molecule has 0 aliphatic heterocycles. The molecule has 2 atom stereocenters. The van der Waals surface area contributed by atoms with Crippen LogP contribution in [0.3, 0.4) is 0 Å². The topological polar surface area (TPSA) is 43.4 Å². The molecule has 0 bridgehead atoms. The van der Waals surface area contributed by atoms with Gasteiger partial charge < -0.3 is 4.74 Å². The molecule has 1 rings (SSSR count). The Morgan fingerprint density at radius 3 is 2.84 bits per heavy atom. The lowest BCUT2D eigenvalue weighted by atomic mass is 9.79. The van der Waals surface area contributed by atoms with Crippen LogP contribution >= 0.6 is 0 Å². The minimum atomic E-state index is -0.278. The number of carbonyl (C=O) groups is 2. The van der Waals surface area contributed by atoms with Gasteiger partial charge in [0.25, 0.3) is 0 Å². The first-order valence-electron chi connectivity index (χ1n) is 6.91. The molecule has 0 unspecified atom stereocenters. The summed E-state index contributed by atoms with van der Waals surface area (Å²) in [7, 11) is 1.39. The number of hydrogen-bond donors (Lipinski definition) is 0. The van der Waals surface area contributed by atoms with Crippen molar-refractivity contribution < 1.29 is 14.3 Å². The van der Waals surface area contributed by atoms with Crippen LogP contribution in [0.15, 0.2) is 23.3 Å². The fraction of sp³-hybridized carbons (Fsp3) is 0.625. The lowest BCUT2D eigenvalue weighted by Gasteiger charge is -2.25. The lowest BCUT2D eigenvalue weighted by Crippen LogP contribution is -2.23. The van der Waals surface area contributed by atoms with Crippen LogP contribution in [0.4, 0.5) is 0 Å². The first-order chi connectivity index (χ1) is 8.95. The maximum Gasteiger partial charge on any atom is 0.333 e. The summed E-state index contributed by atoms with van der Waals surface area (Å²) >= 11 is 0. The van der Waals surface area contributed by atoms with Gasteiger partial charge in [-0.3, -0.25) is 4.79 Å². The van der Waals surface area contributed by atoms with E-state index in [0.29, 0.717) is 11.5 Å². The van der Waals surface area contributed by atoms with Gasteiger partial charge in [0.2, 0.25) is 0 Å². The SMILES string of the molecule is COC(=O)/C(C)=C/CC[C@@H](C)[C@H]1CCC(C)=CC1=O. The molecule has 0 aromatic rings. The first-order valence-corrected chi connectivity index (χ1v) is 6.91. The average molecular weight is 264 g/mol. The molecule has 0 saturated carbocycles. The smallest absolute Gasteiger partial charge is 0.333 e. The van der Waals surface area contributed by atoms with Gasteiger partial charge in [0, 0.05) is 11.5 Å². The zero-order chi connectivity index (χ0) is 14.4.